The van der Waals surface area contributed by atoms with Gasteiger partial charge in [0.25, 0.3) is 5.91 Å². The van der Waals surface area contributed by atoms with Crippen molar-refractivity contribution in [3.05, 3.63) is 114 Å². The molecule has 1 atom stereocenters. The van der Waals surface area contributed by atoms with Gasteiger partial charge in [-0.05, 0) is 67.6 Å². The van der Waals surface area contributed by atoms with Crippen molar-refractivity contribution >= 4 is 22.8 Å². The van der Waals surface area contributed by atoms with Crippen LogP contribution in [0.3, 0.4) is 0 Å². The van der Waals surface area contributed by atoms with Crippen LogP contribution < -0.4 is 5.32 Å². The van der Waals surface area contributed by atoms with Crippen LogP contribution in [0, 0.1) is 19.8 Å². The highest BCUT2D eigenvalue weighted by Gasteiger charge is 2.28. The number of rotatable bonds is 9. The molecule has 1 unspecified atom stereocenters. The SMILES string of the molecule is Cc1ccc(C)n1-c1ccc2c(c1)c(-c1ccccc1)c(C(=O)NC(CC(C)C)C(=O)O)n2Cc1ccccc1. The lowest BCUT2D eigenvalue weighted by atomic mass is 10.00. The van der Waals surface area contributed by atoms with E-state index in [1.54, 1.807) is 0 Å². The van der Waals surface area contributed by atoms with Gasteiger partial charge in [-0.2, -0.15) is 0 Å². The number of carbonyl (C=O) groups is 2. The Kier molecular flexibility index (Phi) is 7.60. The Bertz CT molecular complexity index is 1640. The molecule has 0 spiro atoms. The van der Waals surface area contributed by atoms with E-state index >= 15 is 0 Å². The van der Waals surface area contributed by atoms with Crippen molar-refractivity contribution in [1.82, 2.24) is 14.5 Å². The molecule has 3 aromatic carbocycles. The molecule has 0 aliphatic rings. The summed E-state index contributed by atoms with van der Waals surface area (Å²) in [6.45, 7) is 8.54. The van der Waals surface area contributed by atoms with Crippen LogP contribution in [0.1, 0.15) is 47.7 Å². The number of aryl methyl sites for hydroxylation is 2. The molecule has 6 nitrogen and oxygen atoms in total. The normalized spacial score (nSPS) is 12.1. The largest absolute Gasteiger partial charge is 0.480 e. The molecule has 5 aromatic rings. The van der Waals surface area contributed by atoms with E-state index < -0.39 is 17.9 Å². The summed E-state index contributed by atoms with van der Waals surface area (Å²) < 4.78 is 4.22. The molecule has 0 saturated carbocycles. The van der Waals surface area contributed by atoms with Crippen LogP contribution in [0.15, 0.2) is 91.0 Å². The van der Waals surface area contributed by atoms with Gasteiger partial charge >= 0.3 is 5.97 Å². The van der Waals surface area contributed by atoms with Gasteiger partial charge in [-0.3, -0.25) is 4.79 Å². The fourth-order valence-corrected chi connectivity index (χ4v) is 5.54. The second-order valence-electron chi connectivity index (χ2n) is 10.8. The van der Waals surface area contributed by atoms with Gasteiger partial charge in [0.15, 0.2) is 0 Å². The summed E-state index contributed by atoms with van der Waals surface area (Å²) in [5.74, 6) is -1.32. The second-order valence-corrected chi connectivity index (χ2v) is 10.8. The lowest BCUT2D eigenvalue weighted by molar-refractivity contribution is -0.139. The lowest BCUT2D eigenvalue weighted by Gasteiger charge is -2.18. The van der Waals surface area contributed by atoms with E-state index in [0.717, 1.165) is 44.7 Å². The Hall–Kier alpha value is -4.58. The number of fused-ring (bicyclic) bond motifs is 1. The van der Waals surface area contributed by atoms with E-state index in [-0.39, 0.29) is 5.92 Å². The molecular weight excluding hydrogens is 498 g/mol. The molecule has 0 radical (unpaired) electrons. The third-order valence-corrected chi connectivity index (χ3v) is 7.35. The molecule has 5 rings (SSSR count). The summed E-state index contributed by atoms with van der Waals surface area (Å²) >= 11 is 0. The summed E-state index contributed by atoms with van der Waals surface area (Å²) in [4.78, 5) is 26.3. The van der Waals surface area contributed by atoms with Crippen molar-refractivity contribution in [3.63, 3.8) is 0 Å². The minimum absolute atomic E-state index is 0.112. The zero-order chi connectivity index (χ0) is 28.4. The summed E-state index contributed by atoms with van der Waals surface area (Å²) in [5.41, 5.74) is 7.37. The van der Waals surface area contributed by atoms with Gasteiger partial charge in [-0.25, -0.2) is 4.79 Å². The van der Waals surface area contributed by atoms with E-state index in [0.29, 0.717) is 18.7 Å². The van der Waals surface area contributed by atoms with E-state index in [1.165, 1.54) is 0 Å². The van der Waals surface area contributed by atoms with Crippen LogP contribution in [0.4, 0.5) is 0 Å². The quantitative estimate of drug-likeness (QED) is 0.214. The Morgan fingerprint density at radius 3 is 2.08 bits per heavy atom. The standard InChI is InChI=1S/C34H35N3O3/c1-22(2)19-29(34(39)40)35-33(38)32-31(26-13-9-6-10-14-26)28-20-27(37-23(3)15-16-24(37)4)17-18-30(28)36(32)21-25-11-7-5-8-12-25/h5-18,20,22,29H,19,21H2,1-4H3,(H,35,38)(H,39,40). The van der Waals surface area contributed by atoms with Crippen LogP contribution in [-0.4, -0.2) is 32.2 Å². The predicted octanol–water partition coefficient (Wildman–Crippen LogP) is 6.99. The van der Waals surface area contributed by atoms with Gasteiger partial charge in [0.2, 0.25) is 0 Å². The van der Waals surface area contributed by atoms with Crippen LogP contribution in [0.25, 0.3) is 27.7 Å². The Morgan fingerprint density at radius 2 is 1.48 bits per heavy atom. The fourth-order valence-electron chi connectivity index (χ4n) is 5.54. The number of hydrogen-bond donors (Lipinski definition) is 2. The van der Waals surface area contributed by atoms with E-state index in [1.807, 2.05) is 79.1 Å². The smallest absolute Gasteiger partial charge is 0.326 e. The summed E-state index contributed by atoms with van der Waals surface area (Å²) in [6.07, 6.45) is 0.344. The summed E-state index contributed by atoms with van der Waals surface area (Å²) in [7, 11) is 0. The highest BCUT2D eigenvalue weighted by molar-refractivity contribution is 6.11. The maximum absolute atomic E-state index is 14.1. The number of benzene rings is 3. The molecule has 2 heterocycles. The third-order valence-electron chi connectivity index (χ3n) is 7.35. The number of hydrogen-bond acceptors (Lipinski definition) is 2. The van der Waals surface area contributed by atoms with Gasteiger partial charge in [-0.1, -0.05) is 74.5 Å². The first-order valence-electron chi connectivity index (χ1n) is 13.7. The maximum Gasteiger partial charge on any atom is 0.326 e. The molecule has 2 aromatic heterocycles. The van der Waals surface area contributed by atoms with Gasteiger partial charge in [0.05, 0.1) is 0 Å². The topological polar surface area (TPSA) is 76.3 Å². The molecule has 40 heavy (non-hydrogen) atoms. The average molecular weight is 534 g/mol. The van der Waals surface area contributed by atoms with E-state index in [2.05, 4.69) is 54.1 Å². The monoisotopic (exact) mass is 533 g/mol. The van der Waals surface area contributed by atoms with Crippen molar-refractivity contribution in [2.75, 3.05) is 0 Å². The molecule has 0 saturated heterocycles. The fraction of sp³-hybridized carbons (Fsp3) is 0.235. The molecule has 6 heteroatoms. The van der Waals surface area contributed by atoms with Crippen molar-refractivity contribution in [1.29, 1.82) is 0 Å². The number of carboxylic acid groups (broad SMARTS) is 1. The number of nitrogens with zero attached hydrogens (tertiary/aromatic N) is 2. The third kappa shape index (κ3) is 5.30. The van der Waals surface area contributed by atoms with Crippen LogP contribution in [0.5, 0.6) is 0 Å². The molecular formula is C34H35N3O3. The number of aliphatic carboxylic acids is 1. The number of aromatic nitrogens is 2. The number of carbonyl (C=O) groups excluding carboxylic acids is 1. The highest BCUT2D eigenvalue weighted by Crippen LogP contribution is 2.37. The van der Waals surface area contributed by atoms with Crippen molar-refractivity contribution in [2.24, 2.45) is 5.92 Å². The van der Waals surface area contributed by atoms with Crippen molar-refractivity contribution in [3.8, 4) is 16.8 Å². The molecule has 0 bridgehead atoms. The molecule has 0 fully saturated rings. The number of carboxylic acids is 1. The summed E-state index contributed by atoms with van der Waals surface area (Å²) in [6, 6.07) is 29.4. The van der Waals surface area contributed by atoms with E-state index in [9.17, 15) is 14.7 Å². The van der Waals surface area contributed by atoms with Crippen molar-refractivity contribution < 1.29 is 14.7 Å². The van der Waals surface area contributed by atoms with E-state index in [4.69, 9.17) is 0 Å². The minimum Gasteiger partial charge on any atom is -0.480 e. The zero-order valence-corrected chi connectivity index (χ0v) is 23.4. The lowest BCUT2D eigenvalue weighted by Crippen LogP contribution is -2.42. The molecule has 1 amide bonds. The van der Waals surface area contributed by atoms with Crippen molar-refractivity contribution in [2.45, 2.75) is 46.7 Å². The number of nitrogens with one attached hydrogen (secondary N) is 1. The van der Waals surface area contributed by atoms with Crippen LogP contribution >= 0.6 is 0 Å². The Morgan fingerprint density at radius 1 is 0.850 bits per heavy atom. The number of amides is 1. The zero-order valence-electron chi connectivity index (χ0n) is 23.4. The highest BCUT2D eigenvalue weighted by atomic mass is 16.4. The second kappa shape index (κ2) is 11.3. The summed E-state index contributed by atoms with van der Waals surface area (Å²) in [5, 5.41) is 13.7. The Balaban J connectivity index is 1.78. The van der Waals surface area contributed by atoms with Gasteiger partial charge < -0.3 is 19.6 Å². The molecule has 2 N–H and O–H groups in total. The predicted molar refractivity (Wildman–Crippen MR) is 160 cm³/mol. The average Bonchev–Trinajstić information content (AvgIpc) is 3.44. The van der Waals surface area contributed by atoms with Gasteiger partial charge in [0, 0.05) is 40.1 Å². The molecule has 204 valence electrons. The van der Waals surface area contributed by atoms with Gasteiger partial charge in [0.1, 0.15) is 11.7 Å². The Labute approximate surface area is 234 Å². The first kappa shape index (κ1) is 27.0. The molecule has 0 aliphatic heterocycles. The maximum atomic E-state index is 14.1. The molecule has 0 aliphatic carbocycles. The minimum atomic E-state index is -1.03. The van der Waals surface area contributed by atoms with Crippen LogP contribution in [-0.2, 0) is 11.3 Å². The van der Waals surface area contributed by atoms with Gasteiger partial charge in [-0.15, -0.1) is 0 Å². The first-order valence-corrected chi connectivity index (χ1v) is 13.7. The van der Waals surface area contributed by atoms with Crippen LogP contribution in [0.2, 0.25) is 0 Å². The first-order chi connectivity index (χ1) is 19.2.